The van der Waals surface area contributed by atoms with Crippen molar-refractivity contribution in [3.05, 3.63) is 18.2 Å². The van der Waals surface area contributed by atoms with E-state index in [0.717, 1.165) is 25.4 Å². The summed E-state index contributed by atoms with van der Waals surface area (Å²) >= 11 is 0. The Balaban J connectivity index is 1.62. The molecule has 0 bridgehead atoms. The lowest BCUT2D eigenvalue weighted by molar-refractivity contribution is 0.0236. The molecule has 1 aromatic rings. The fourth-order valence-corrected chi connectivity index (χ4v) is 2.68. The average molecular weight is 251 g/mol. The molecule has 0 radical (unpaired) electrons. The third-order valence-electron chi connectivity index (χ3n) is 3.77. The first kappa shape index (κ1) is 13.6. The molecule has 2 rings (SSSR count). The van der Waals surface area contributed by atoms with Crippen molar-refractivity contribution in [1.29, 1.82) is 0 Å². The van der Waals surface area contributed by atoms with Crippen LogP contribution < -0.4 is 5.32 Å². The van der Waals surface area contributed by atoms with Crippen molar-refractivity contribution in [2.45, 2.75) is 51.2 Å². The number of aryl methyl sites for hydroxylation is 1. The molecule has 4 heteroatoms. The number of hydrogen-bond acceptors (Lipinski definition) is 3. The fourth-order valence-electron chi connectivity index (χ4n) is 2.68. The minimum atomic E-state index is 0.458. The lowest BCUT2D eigenvalue weighted by Crippen LogP contribution is -2.35. The van der Waals surface area contributed by atoms with Gasteiger partial charge in [0.15, 0.2) is 0 Å². The Hall–Kier alpha value is -0.870. The predicted octanol–water partition coefficient (Wildman–Crippen LogP) is 1.90. The molecule has 1 N–H and O–H groups in total. The first-order chi connectivity index (χ1) is 8.79. The van der Waals surface area contributed by atoms with Gasteiger partial charge in [-0.15, -0.1) is 0 Å². The van der Waals surface area contributed by atoms with Crippen molar-refractivity contribution in [2.24, 2.45) is 7.05 Å². The monoisotopic (exact) mass is 251 g/mol. The van der Waals surface area contributed by atoms with Crippen molar-refractivity contribution in [1.82, 2.24) is 14.9 Å². The van der Waals surface area contributed by atoms with Gasteiger partial charge in [-0.3, -0.25) is 0 Å². The Morgan fingerprint density at radius 1 is 1.39 bits per heavy atom. The van der Waals surface area contributed by atoms with Crippen LogP contribution in [0, 0.1) is 0 Å². The topological polar surface area (TPSA) is 39.1 Å². The highest BCUT2D eigenvalue weighted by Crippen LogP contribution is 2.21. The van der Waals surface area contributed by atoms with Gasteiger partial charge >= 0.3 is 0 Å². The van der Waals surface area contributed by atoms with E-state index in [1.165, 1.54) is 25.7 Å². The number of imidazole rings is 1. The maximum Gasteiger partial charge on any atom is 0.110 e. The van der Waals surface area contributed by atoms with Gasteiger partial charge in [-0.1, -0.05) is 6.92 Å². The van der Waals surface area contributed by atoms with Crippen molar-refractivity contribution in [3.63, 3.8) is 0 Å². The standard InChI is InChI=1S/C14H25N3O/c1-3-15-12-4-6-13(7-5-12)18-11-8-14-16-9-10-17(14)2/h9-10,12-13,15H,3-8,11H2,1-2H3. The van der Waals surface area contributed by atoms with Gasteiger partial charge in [-0.2, -0.15) is 0 Å². The number of hydrogen-bond donors (Lipinski definition) is 1. The molecule has 1 aromatic heterocycles. The van der Waals surface area contributed by atoms with Crippen molar-refractivity contribution < 1.29 is 4.74 Å². The van der Waals surface area contributed by atoms with Crippen LogP contribution in [0.15, 0.2) is 12.4 Å². The molecule has 1 fully saturated rings. The van der Waals surface area contributed by atoms with Crippen LogP contribution in [0.1, 0.15) is 38.4 Å². The number of aromatic nitrogens is 2. The highest BCUT2D eigenvalue weighted by molar-refractivity contribution is 4.91. The van der Waals surface area contributed by atoms with Crippen LogP contribution in [0.2, 0.25) is 0 Å². The van der Waals surface area contributed by atoms with E-state index in [2.05, 4.69) is 21.8 Å². The molecule has 102 valence electrons. The van der Waals surface area contributed by atoms with E-state index < -0.39 is 0 Å². The van der Waals surface area contributed by atoms with Crippen LogP contribution in [-0.2, 0) is 18.2 Å². The van der Waals surface area contributed by atoms with E-state index in [4.69, 9.17) is 4.74 Å². The second kappa shape index (κ2) is 6.90. The summed E-state index contributed by atoms with van der Waals surface area (Å²) < 4.78 is 8.02. The van der Waals surface area contributed by atoms with Crippen LogP contribution >= 0.6 is 0 Å². The SMILES string of the molecule is CCNC1CCC(OCCc2nccn2C)CC1. The van der Waals surface area contributed by atoms with Crippen LogP contribution in [-0.4, -0.2) is 34.8 Å². The normalized spacial score (nSPS) is 24.3. The van der Waals surface area contributed by atoms with E-state index in [1.54, 1.807) is 0 Å². The summed E-state index contributed by atoms with van der Waals surface area (Å²) in [6.45, 7) is 4.05. The van der Waals surface area contributed by atoms with Crippen molar-refractivity contribution in [3.8, 4) is 0 Å². The van der Waals surface area contributed by atoms with Gasteiger partial charge in [0.1, 0.15) is 5.82 Å². The zero-order valence-corrected chi connectivity index (χ0v) is 11.6. The first-order valence-corrected chi connectivity index (χ1v) is 7.10. The van der Waals surface area contributed by atoms with E-state index in [0.29, 0.717) is 12.1 Å². The molecule has 0 amide bonds. The van der Waals surface area contributed by atoms with E-state index in [-0.39, 0.29) is 0 Å². The lowest BCUT2D eigenvalue weighted by atomic mass is 9.93. The van der Waals surface area contributed by atoms with Gasteiger partial charge < -0.3 is 14.6 Å². The molecule has 1 saturated carbocycles. The largest absolute Gasteiger partial charge is 0.378 e. The van der Waals surface area contributed by atoms with E-state index in [9.17, 15) is 0 Å². The summed E-state index contributed by atoms with van der Waals surface area (Å²) in [5.41, 5.74) is 0. The molecule has 1 heterocycles. The van der Waals surface area contributed by atoms with Crippen molar-refractivity contribution in [2.75, 3.05) is 13.2 Å². The molecule has 0 saturated heterocycles. The Labute approximate surface area is 110 Å². The molecular formula is C14H25N3O. The second-order valence-corrected chi connectivity index (χ2v) is 5.11. The van der Waals surface area contributed by atoms with Gasteiger partial charge in [-0.05, 0) is 32.2 Å². The fraction of sp³-hybridized carbons (Fsp3) is 0.786. The number of nitrogens with zero attached hydrogens (tertiary/aromatic N) is 2. The summed E-state index contributed by atoms with van der Waals surface area (Å²) in [5.74, 6) is 1.11. The third kappa shape index (κ3) is 3.82. The van der Waals surface area contributed by atoms with Crippen LogP contribution in [0.3, 0.4) is 0 Å². The van der Waals surface area contributed by atoms with Crippen LogP contribution in [0.5, 0.6) is 0 Å². The third-order valence-corrected chi connectivity index (χ3v) is 3.77. The lowest BCUT2D eigenvalue weighted by Gasteiger charge is -2.28. The smallest absolute Gasteiger partial charge is 0.110 e. The summed E-state index contributed by atoms with van der Waals surface area (Å²) in [4.78, 5) is 4.31. The minimum absolute atomic E-state index is 0.458. The van der Waals surface area contributed by atoms with Crippen LogP contribution in [0.25, 0.3) is 0 Å². The molecule has 0 aromatic carbocycles. The Kier molecular flexibility index (Phi) is 5.20. The van der Waals surface area contributed by atoms with E-state index >= 15 is 0 Å². The summed E-state index contributed by atoms with van der Waals surface area (Å²) in [5, 5.41) is 3.52. The highest BCUT2D eigenvalue weighted by Gasteiger charge is 2.20. The summed E-state index contributed by atoms with van der Waals surface area (Å²) in [6.07, 6.45) is 10.1. The van der Waals surface area contributed by atoms with Gasteiger partial charge in [0.2, 0.25) is 0 Å². The molecule has 0 unspecified atom stereocenters. The number of rotatable bonds is 6. The minimum Gasteiger partial charge on any atom is -0.378 e. The summed E-state index contributed by atoms with van der Waals surface area (Å²) in [6, 6.07) is 0.712. The number of nitrogens with one attached hydrogen (secondary N) is 1. The zero-order chi connectivity index (χ0) is 12.8. The Morgan fingerprint density at radius 2 is 2.17 bits per heavy atom. The van der Waals surface area contributed by atoms with Gasteiger partial charge in [0.25, 0.3) is 0 Å². The highest BCUT2D eigenvalue weighted by atomic mass is 16.5. The molecule has 0 aliphatic heterocycles. The molecule has 4 nitrogen and oxygen atoms in total. The molecule has 1 aliphatic carbocycles. The second-order valence-electron chi connectivity index (χ2n) is 5.11. The quantitative estimate of drug-likeness (QED) is 0.839. The van der Waals surface area contributed by atoms with Gasteiger partial charge in [0.05, 0.1) is 12.7 Å². The average Bonchev–Trinajstić information content (AvgIpc) is 2.78. The zero-order valence-electron chi connectivity index (χ0n) is 11.6. The predicted molar refractivity (Wildman–Crippen MR) is 72.6 cm³/mol. The van der Waals surface area contributed by atoms with E-state index in [1.807, 2.05) is 19.4 Å². The molecule has 18 heavy (non-hydrogen) atoms. The molecule has 0 spiro atoms. The first-order valence-electron chi connectivity index (χ1n) is 7.10. The van der Waals surface area contributed by atoms with Crippen molar-refractivity contribution >= 4 is 0 Å². The number of ether oxygens (including phenoxy) is 1. The maximum atomic E-state index is 5.96. The molecule has 1 aliphatic rings. The van der Waals surface area contributed by atoms with Gasteiger partial charge in [0, 0.05) is 31.9 Å². The van der Waals surface area contributed by atoms with Gasteiger partial charge in [-0.25, -0.2) is 4.98 Å². The molecule has 0 atom stereocenters. The maximum absolute atomic E-state index is 5.96. The van der Waals surface area contributed by atoms with Crippen LogP contribution in [0.4, 0.5) is 0 Å². The molecular weight excluding hydrogens is 226 g/mol. The Morgan fingerprint density at radius 3 is 2.78 bits per heavy atom. The Bertz CT molecular complexity index is 343. The summed E-state index contributed by atoms with van der Waals surface area (Å²) in [7, 11) is 2.03.